The summed E-state index contributed by atoms with van der Waals surface area (Å²) in [6.07, 6.45) is 1.83. The second kappa shape index (κ2) is 4.65. The van der Waals surface area contributed by atoms with Gasteiger partial charge in [0.05, 0.1) is 5.70 Å². The molecule has 0 aromatic heterocycles. The van der Waals surface area contributed by atoms with E-state index in [4.69, 9.17) is 0 Å². The summed E-state index contributed by atoms with van der Waals surface area (Å²) in [5.74, 6) is 0. The number of alkyl halides is 1. The highest BCUT2D eigenvalue weighted by molar-refractivity contribution is 5.45. The van der Waals surface area contributed by atoms with Gasteiger partial charge in [0.2, 0.25) is 0 Å². The highest BCUT2D eigenvalue weighted by Crippen LogP contribution is 2.36. The van der Waals surface area contributed by atoms with E-state index in [1.54, 1.807) is 0 Å². The number of nitrogens with zero attached hydrogens (tertiary/aromatic N) is 1. The van der Waals surface area contributed by atoms with Crippen LogP contribution in [0.4, 0.5) is 4.39 Å². The van der Waals surface area contributed by atoms with Crippen LogP contribution in [0.15, 0.2) is 35.2 Å². The molecule has 1 nitrogen and oxygen atoms in total. The first kappa shape index (κ1) is 12.0. The van der Waals surface area contributed by atoms with Gasteiger partial charge < -0.3 is 4.90 Å². The zero-order valence-electron chi connectivity index (χ0n) is 10.1. The quantitative estimate of drug-likeness (QED) is 0.586. The molecule has 2 aliphatic heterocycles. The first-order valence-corrected chi connectivity index (χ1v) is 5.61. The van der Waals surface area contributed by atoms with Crippen molar-refractivity contribution in [3.8, 4) is 0 Å². The summed E-state index contributed by atoms with van der Waals surface area (Å²) in [6, 6.07) is 0. The first-order chi connectivity index (χ1) is 7.11. The summed E-state index contributed by atoms with van der Waals surface area (Å²) in [4.78, 5) is 2.01. The SMILES string of the molecule is C=C1C(C)=CC(C)=C2C(F)CCN12.CC. The Labute approximate surface area is 92.0 Å². The summed E-state index contributed by atoms with van der Waals surface area (Å²) >= 11 is 0. The van der Waals surface area contributed by atoms with Crippen LogP contribution in [0.25, 0.3) is 0 Å². The molecule has 1 unspecified atom stereocenters. The lowest BCUT2D eigenvalue weighted by Gasteiger charge is -2.28. The predicted molar refractivity (Wildman–Crippen MR) is 63.2 cm³/mol. The fourth-order valence-electron chi connectivity index (χ4n) is 2.10. The molecule has 84 valence electrons. The maximum atomic E-state index is 13.4. The van der Waals surface area contributed by atoms with E-state index in [9.17, 15) is 4.39 Å². The third-order valence-corrected chi connectivity index (χ3v) is 2.81. The largest absolute Gasteiger partial charge is 0.342 e. The molecule has 2 heterocycles. The summed E-state index contributed by atoms with van der Waals surface area (Å²) in [6.45, 7) is 12.7. The number of rotatable bonds is 0. The minimum absolute atomic E-state index is 0.604. The molecule has 2 aliphatic rings. The van der Waals surface area contributed by atoms with Crippen molar-refractivity contribution in [1.29, 1.82) is 0 Å². The van der Waals surface area contributed by atoms with Gasteiger partial charge in [-0.2, -0.15) is 0 Å². The molecule has 0 aromatic carbocycles. The van der Waals surface area contributed by atoms with E-state index in [-0.39, 0.29) is 0 Å². The van der Waals surface area contributed by atoms with Crippen LogP contribution in [-0.4, -0.2) is 17.6 Å². The summed E-state index contributed by atoms with van der Waals surface area (Å²) in [7, 11) is 0. The van der Waals surface area contributed by atoms with Crippen LogP contribution in [-0.2, 0) is 0 Å². The molecule has 1 atom stereocenters. The summed E-state index contributed by atoms with van der Waals surface area (Å²) in [5.41, 5.74) is 3.99. The molecular formula is C13H20FN. The van der Waals surface area contributed by atoms with Crippen molar-refractivity contribution in [3.63, 3.8) is 0 Å². The molecule has 0 radical (unpaired) electrons. The lowest BCUT2D eigenvalue weighted by molar-refractivity contribution is 0.380. The van der Waals surface area contributed by atoms with Crippen molar-refractivity contribution < 1.29 is 4.39 Å². The van der Waals surface area contributed by atoms with Crippen molar-refractivity contribution in [3.05, 3.63) is 35.2 Å². The summed E-state index contributed by atoms with van der Waals surface area (Å²) < 4.78 is 13.4. The maximum Gasteiger partial charge on any atom is 0.142 e. The molecule has 1 fully saturated rings. The van der Waals surface area contributed by atoms with Gasteiger partial charge in [-0.15, -0.1) is 0 Å². The van der Waals surface area contributed by atoms with E-state index < -0.39 is 6.17 Å². The van der Waals surface area contributed by atoms with Gasteiger partial charge >= 0.3 is 0 Å². The second-order valence-corrected chi connectivity index (χ2v) is 3.75. The van der Waals surface area contributed by atoms with Crippen molar-refractivity contribution in [2.75, 3.05) is 6.54 Å². The number of hydrogen-bond donors (Lipinski definition) is 0. The fraction of sp³-hybridized carbons (Fsp3) is 0.538. The Kier molecular flexibility index (Phi) is 3.72. The van der Waals surface area contributed by atoms with E-state index in [1.807, 2.05) is 38.7 Å². The Morgan fingerprint density at radius 3 is 2.60 bits per heavy atom. The van der Waals surface area contributed by atoms with Gasteiger partial charge in [-0.3, -0.25) is 0 Å². The fourth-order valence-corrected chi connectivity index (χ4v) is 2.10. The molecule has 0 spiro atoms. The Balaban J connectivity index is 0.000000531. The normalized spacial score (nSPS) is 24.6. The number of allylic oxidation sites excluding steroid dienone is 4. The molecule has 0 aromatic rings. The van der Waals surface area contributed by atoms with Crippen molar-refractivity contribution >= 4 is 0 Å². The van der Waals surface area contributed by atoms with Crippen LogP contribution in [0.2, 0.25) is 0 Å². The number of fused-ring (bicyclic) bond motifs is 1. The smallest absolute Gasteiger partial charge is 0.142 e. The maximum absolute atomic E-state index is 13.4. The van der Waals surface area contributed by atoms with Gasteiger partial charge in [0.25, 0.3) is 0 Å². The van der Waals surface area contributed by atoms with Gasteiger partial charge in [-0.25, -0.2) is 4.39 Å². The molecule has 0 amide bonds. The van der Waals surface area contributed by atoms with Crippen LogP contribution in [0.5, 0.6) is 0 Å². The van der Waals surface area contributed by atoms with Crippen LogP contribution in [0, 0.1) is 0 Å². The highest BCUT2D eigenvalue weighted by Gasteiger charge is 2.32. The average molecular weight is 209 g/mol. The van der Waals surface area contributed by atoms with Crippen molar-refractivity contribution in [2.45, 2.75) is 40.3 Å². The third kappa shape index (κ3) is 1.99. The topological polar surface area (TPSA) is 3.24 Å². The Morgan fingerprint density at radius 1 is 1.40 bits per heavy atom. The highest BCUT2D eigenvalue weighted by atomic mass is 19.1. The molecule has 2 rings (SSSR count). The van der Waals surface area contributed by atoms with Crippen LogP contribution >= 0.6 is 0 Å². The standard InChI is InChI=1S/C11H14FN.C2H6/c1-7-6-8(2)11-10(12)4-5-13(11)9(7)3;1-2/h6,10H,3-5H2,1-2H3;1-2H3. The van der Waals surface area contributed by atoms with E-state index in [1.165, 1.54) is 0 Å². The Morgan fingerprint density at radius 2 is 2.00 bits per heavy atom. The molecule has 0 saturated carbocycles. The number of halogens is 1. The molecule has 2 heteroatoms. The molecule has 0 aliphatic carbocycles. The molecule has 15 heavy (non-hydrogen) atoms. The Hall–Kier alpha value is -1.05. The molecule has 0 bridgehead atoms. The van der Waals surface area contributed by atoms with Crippen molar-refractivity contribution in [2.24, 2.45) is 0 Å². The lowest BCUT2D eigenvalue weighted by Crippen LogP contribution is -2.22. The minimum atomic E-state index is -0.791. The van der Waals surface area contributed by atoms with Crippen molar-refractivity contribution in [1.82, 2.24) is 4.90 Å². The third-order valence-electron chi connectivity index (χ3n) is 2.81. The van der Waals surface area contributed by atoms with Gasteiger partial charge in [-0.1, -0.05) is 26.5 Å². The minimum Gasteiger partial charge on any atom is -0.342 e. The van der Waals surface area contributed by atoms with Crippen LogP contribution in [0.1, 0.15) is 34.1 Å². The van der Waals surface area contributed by atoms with Gasteiger partial charge in [-0.05, 0) is 25.0 Å². The summed E-state index contributed by atoms with van der Waals surface area (Å²) in [5, 5.41) is 0. The Bertz CT molecular complexity index is 325. The van der Waals surface area contributed by atoms with E-state index in [0.29, 0.717) is 6.42 Å². The van der Waals surface area contributed by atoms with Crippen LogP contribution < -0.4 is 0 Å². The zero-order valence-corrected chi connectivity index (χ0v) is 10.1. The first-order valence-electron chi connectivity index (χ1n) is 5.61. The molecular weight excluding hydrogens is 189 g/mol. The van der Waals surface area contributed by atoms with Gasteiger partial charge in [0, 0.05) is 18.7 Å². The van der Waals surface area contributed by atoms with E-state index >= 15 is 0 Å². The lowest BCUT2D eigenvalue weighted by atomic mass is 10.0. The van der Waals surface area contributed by atoms with E-state index in [0.717, 1.165) is 29.1 Å². The van der Waals surface area contributed by atoms with Gasteiger partial charge in [0.15, 0.2) is 0 Å². The van der Waals surface area contributed by atoms with E-state index in [2.05, 4.69) is 6.58 Å². The van der Waals surface area contributed by atoms with Gasteiger partial charge in [0.1, 0.15) is 6.17 Å². The average Bonchev–Trinajstić information content (AvgIpc) is 2.61. The predicted octanol–water partition coefficient (Wildman–Crippen LogP) is 3.80. The second-order valence-electron chi connectivity index (χ2n) is 3.75. The monoisotopic (exact) mass is 209 g/mol. The zero-order chi connectivity index (χ0) is 11.6. The van der Waals surface area contributed by atoms with Crippen LogP contribution in [0.3, 0.4) is 0 Å². The molecule has 1 saturated heterocycles. The number of hydrogen-bond acceptors (Lipinski definition) is 1. The molecule has 0 N–H and O–H groups in total.